The number of nitrogens with zero attached hydrogens (tertiary/aromatic N) is 2. The number of nitrogens with one attached hydrogen (secondary N) is 2. The van der Waals surface area contributed by atoms with Crippen LogP contribution in [-0.4, -0.2) is 28.3 Å². The van der Waals surface area contributed by atoms with Gasteiger partial charge in [-0.3, -0.25) is 14.6 Å². The number of hydrogen-bond donors (Lipinski definition) is 2. The second kappa shape index (κ2) is 9.05. The van der Waals surface area contributed by atoms with Gasteiger partial charge in [-0.1, -0.05) is 6.07 Å². The number of aryl methyl sites for hydroxylation is 1. The third kappa shape index (κ3) is 5.46. The summed E-state index contributed by atoms with van der Waals surface area (Å²) in [6, 6.07) is 10.8. The van der Waals surface area contributed by atoms with Crippen LogP contribution in [0.15, 0.2) is 54.2 Å². The number of amides is 2. The van der Waals surface area contributed by atoms with Crippen molar-refractivity contribution in [2.24, 2.45) is 0 Å². The first kappa shape index (κ1) is 18.7. The molecule has 0 unspecified atom stereocenters. The van der Waals surface area contributed by atoms with Crippen molar-refractivity contribution in [2.75, 3.05) is 11.9 Å². The van der Waals surface area contributed by atoms with E-state index < -0.39 is 0 Å². The molecule has 3 rings (SSSR count). The van der Waals surface area contributed by atoms with E-state index in [1.54, 1.807) is 48.0 Å². The van der Waals surface area contributed by atoms with Crippen molar-refractivity contribution in [2.45, 2.75) is 19.8 Å². The number of thiazole rings is 1. The standard InChI is InChI=1S/C20H20N4O2S/c1-14(25)23-17-5-2-4-16(12-17)20(26)22-9-3-6-19-24-18(13-27-19)15-7-10-21-11-8-15/h2,4-5,7-8,10-13H,3,6,9H2,1H3,(H,22,26)(H,23,25). The molecule has 2 aromatic heterocycles. The summed E-state index contributed by atoms with van der Waals surface area (Å²) >= 11 is 1.62. The molecule has 0 aliphatic heterocycles. The highest BCUT2D eigenvalue weighted by atomic mass is 32.1. The minimum Gasteiger partial charge on any atom is -0.352 e. The number of rotatable bonds is 7. The van der Waals surface area contributed by atoms with Crippen LogP contribution in [0.5, 0.6) is 0 Å². The molecule has 0 aliphatic rings. The first-order valence-corrected chi connectivity index (χ1v) is 9.50. The Hall–Kier alpha value is -3.06. The molecule has 7 heteroatoms. The van der Waals surface area contributed by atoms with Gasteiger partial charge < -0.3 is 10.6 Å². The van der Waals surface area contributed by atoms with Crippen LogP contribution in [0.3, 0.4) is 0 Å². The number of aromatic nitrogens is 2. The maximum Gasteiger partial charge on any atom is 0.251 e. The van der Waals surface area contributed by atoms with Gasteiger partial charge in [-0.25, -0.2) is 4.98 Å². The zero-order valence-corrected chi connectivity index (χ0v) is 15.8. The Balaban J connectivity index is 1.47. The predicted molar refractivity (Wildman–Crippen MR) is 107 cm³/mol. The Morgan fingerprint density at radius 2 is 1.96 bits per heavy atom. The van der Waals surface area contributed by atoms with Crippen molar-refractivity contribution in [3.05, 3.63) is 64.7 Å². The maximum atomic E-state index is 12.2. The molecule has 0 fully saturated rings. The fourth-order valence-electron chi connectivity index (χ4n) is 2.57. The molecule has 0 spiro atoms. The van der Waals surface area contributed by atoms with E-state index in [1.807, 2.05) is 17.5 Å². The molecular weight excluding hydrogens is 360 g/mol. The van der Waals surface area contributed by atoms with Crippen LogP contribution in [0, 0.1) is 0 Å². The maximum absolute atomic E-state index is 12.2. The number of benzene rings is 1. The highest BCUT2D eigenvalue weighted by molar-refractivity contribution is 7.09. The number of hydrogen-bond acceptors (Lipinski definition) is 5. The van der Waals surface area contributed by atoms with Crippen LogP contribution in [-0.2, 0) is 11.2 Å². The van der Waals surface area contributed by atoms with Crippen molar-refractivity contribution in [1.82, 2.24) is 15.3 Å². The monoisotopic (exact) mass is 380 g/mol. The number of anilines is 1. The first-order valence-electron chi connectivity index (χ1n) is 8.62. The van der Waals surface area contributed by atoms with Crippen LogP contribution in [0.2, 0.25) is 0 Å². The quantitative estimate of drug-likeness (QED) is 0.614. The molecule has 3 aromatic rings. The van der Waals surface area contributed by atoms with E-state index in [1.165, 1.54) is 6.92 Å². The minimum atomic E-state index is -0.165. The van der Waals surface area contributed by atoms with Crippen molar-refractivity contribution in [1.29, 1.82) is 0 Å². The van der Waals surface area contributed by atoms with E-state index in [4.69, 9.17) is 0 Å². The van der Waals surface area contributed by atoms with Crippen LogP contribution >= 0.6 is 11.3 Å². The summed E-state index contributed by atoms with van der Waals surface area (Å²) < 4.78 is 0. The molecular formula is C20H20N4O2S. The lowest BCUT2D eigenvalue weighted by molar-refractivity contribution is -0.114. The summed E-state index contributed by atoms with van der Waals surface area (Å²) in [5.74, 6) is -0.319. The van der Waals surface area contributed by atoms with Crippen LogP contribution < -0.4 is 10.6 Å². The number of carbonyl (C=O) groups is 2. The van der Waals surface area contributed by atoms with E-state index in [-0.39, 0.29) is 11.8 Å². The lowest BCUT2D eigenvalue weighted by Gasteiger charge is -2.07. The third-order valence-corrected chi connectivity index (χ3v) is 4.73. The van der Waals surface area contributed by atoms with Gasteiger partial charge in [0.05, 0.1) is 10.7 Å². The van der Waals surface area contributed by atoms with Crippen molar-refractivity contribution >= 4 is 28.8 Å². The van der Waals surface area contributed by atoms with E-state index in [2.05, 4.69) is 20.6 Å². The third-order valence-electron chi connectivity index (χ3n) is 3.83. The largest absolute Gasteiger partial charge is 0.352 e. The van der Waals surface area contributed by atoms with Gasteiger partial charge in [0.2, 0.25) is 5.91 Å². The SMILES string of the molecule is CC(=O)Nc1cccc(C(=O)NCCCc2nc(-c3ccncc3)cs2)c1. The summed E-state index contributed by atoms with van der Waals surface area (Å²) in [4.78, 5) is 32.0. The Bertz CT molecular complexity index is 924. The minimum absolute atomic E-state index is 0.154. The number of carbonyl (C=O) groups excluding carboxylic acids is 2. The fourth-order valence-corrected chi connectivity index (χ4v) is 3.42. The van der Waals surface area contributed by atoms with Crippen molar-refractivity contribution in [3.8, 4) is 11.3 Å². The lowest BCUT2D eigenvalue weighted by atomic mass is 10.2. The average Bonchev–Trinajstić information content (AvgIpc) is 3.14. The van der Waals surface area contributed by atoms with Gasteiger partial charge >= 0.3 is 0 Å². The smallest absolute Gasteiger partial charge is 0.251 e. The molecule has 138 valence electrons. The van der Waals surface area contributed by atoms with Crippen molar-refractivity contribution < 1.29 is 9.59 Å². The molecule has 0 saturated carbocycles. The summed E-state index contributed by atoms with van der Waals surface area (Å²) in [6.45, 7) is 2.00. The molecule has 2 N–H and O–H groups in total. The van der Waals surface area contributed by atoms with Gasteiger partial charge in [0.1, 0.15) is 0 Å². The Morgan fingerprint density at radius 3 is 2.74 bits per heavy atom. The van der Waals surface area contributed by atoms with Crippen LogP contribution in [0.4, 0.5) is 5.69 Å². The molecule has 2 heterocycles. The highest BCUT2D eigenvalue weighted by Crippen LogP contribution is 2.21. The van der Waals surface area contributed by atoms with Crippen LogP contribution in [0.25, 0.3) is 11.3 Å². The van der Waals surface area contributed by atoms with E-state index in [0.717, 1.165) is 29.1 Å². The average molecular weight is 380 g/mol. The molecule has 0 atom stereocenters. The number of pyridine rings is 1. The Morgan fingerprint density at radius 1 is 1.15 bits per heavy atom. The Labute approximate surface area is 161 Å². The molecule has 0 bridgehead atoms. The first-order chi connectivity index (χ1) is 13.1. The summed E-state index contributed by atoms with van der Waals surface area (Å²) in [5.41, 5.74) is 3.15. The summed E-state index contributed by atoms with van der Waals surface area (Å²) in [5, 5.41) is 8.66. The zero-order valence-electron chi connectivity index (χ0n) is 14.9. The van der Waals surface area contributed by atoms with Gasteiger partial charge in [-0.15, -0.1) is 11.3 Å². The normalized spacial score (nSPS) is 10.4. The van der Waals surface area contributed by atoms with E-state index in [0.29, 0.717) is 17.8 Å². The van der Waals surface area contributed by atoms with E-state index in [9.17, 15) is 9.59 Å². The van der Waals surface area contributed by atoms with Gasteiger partial charge in [-0.05, 0) is 36.8 Å². The van der Waals surface area contributed by atoms with Gasteiger partial charge in [0.25, 0.3) is 5.91 Å². The highest BCUT2D eigenvalue weighted by Gasteiger charge is 2.08. The summed E-state index contributed by atoms with van der Waals surface area (Å²) in [6.07, 6.45) is 5.12. The van der Waals surface area contributed by atoms with Gasteiger partial charge in [0.15, 0.2) is 0 Å². The zero-order chi connectivity index (χ0) is 19.1. The van der Waals surface area contributed by atoms with E-state index >= 15 is 0 Å². The van der Waals surface area contributed by atoms with Gasteiger partial charge in [-0.2, -0.15) is 0 Å². The van der Waals surface area contributed by atoms with Crippen molar-refractivity contribution in [3.63, 3.8) is 0 Å². The molecule has 1 aromatic carbocycles. The van der Waals surface area contributed by atoms with Gasteiger partial charge in [0, 0.05) is 54.5 Å². The molecule has 0 saturated heterocycles. The van der Waals surface area contributed by atoms with Crippen LogP contribution in [0.1, 0.15) is 28.7 Å². The molecule has 27 heavy (non-hydrogen) atoms. The second-order valence-electron chi connectivity index (χ2n) is 5.98. The second-order valence-corrected chi connectivity index (χ2v) is 6.93. The molecule has 6 nitrogen and oxygen atoms in total. The predicted octanol–water partition coefficient (Wildman–Crippen LogP) is 3.53. The molecule has 0 aliphatic carbocycles. The molecule has 2 amide bonds. The molecule has 0 radical (unpaired) electrons. The lowest BCUT2D eigenvalue weighted by Crippen LogP contribution is -2.24. The fraction of sp³-hybridized carbons (Fsp3) is 0.200. The topological polar surface area (TPSA) is 84.0 Å². The Kier molecular flexibility index (Phi) is 6.27. The summed E-state index contributed by atoms with van der Waals surface area (Å²) in [7, 11) is 0.